The number of hydrogen-bond donors (Lipinski definition) is 14. The predicted octanol–water partition coefficient (Wildman–Crippen LogP) is 6.45. The summed E-state index contributed by atoms with van der Waals surface area (Å²) in [5.41, 5.74) is 0. The van der Waals surface area contributed by atoms with Crippen molar-refractivity contribution in [2.45, 2.75) is 362 Å². The van der Waals surface area contributed by atoms with Crippen LogP contribution in [0.1, 0.15) is 252 Å². The summed E-state index contributed by atoms with van der Waals surface area (Å²) in [4.78, 5) is 38.5. The molecule has 3 aliphatic rings. The molecule has 14 N–H and O–H groups in total. The van der Waals surface area contributed by atoms with Gasteiger partial charge < -0.3 is 100 Å². The number of carboxylic acid groups (broad SMARTS) is 1. The lowest BCUT2D eigenvalue weighted by atomic mass is 9.88. The number of rotatable bonds is 53. The number of hydrogen-bond acceptors (Lipinski definition) is 20. The molecule has 23 heteroatoms. The SMILES string of the molecule is CCCCCCCCC/C=C\CCCCCCCC(=O)NC(COC1OC(CO)C(OC2OC(CO)C(O)C(OC3(C(=O)O)CC(O)C(NC(C)=O)C(C(O)C(O)CO)O3)C2O)C(O)C1O)C(O)/C=C/CCCCCCCCCCCCCCCCCCCCC. The van der Waals surface area contributed by atoms with E-state index in [9.17, 15) is 75.7 Å². The maximum absolute atomic E-state index is 13.4. The number of unbranched alkanes of at least 4 members (excludes halogenated alkanes) is 31. The number of aliphatic hydroxyl groups is 11. The first-order chi connectivity index (χ1) is 43.9. The first-order valence-corrected chi connectivity index (χ1v) is 35.2. The highest BCUT2D eigenvalue weighted by Crippen LogP contribution is 2.39. The molecular formula is C68H124N2O21. The summed E-state index contributed by atoms with van der Waals surface area (Å²) in [5, 5.41) is 136. The van der Waals surface area contributed by atoms with Crippen molar-refractivity contribution in [1.29, 1.82) is 0 Å². The molecule has 91 heavy (non-hydrogen) atoms. The average molecular weight is 1310 g/mol. The minimum Gasteiger partial charge on any atom is -0.477 e. The molecule has 23 nitrogen and oxygen atoms in total. The van der Waals surface area contributed by atoms with Crippen LogP contribution >= 0.6 is 0 Å². The largest absolute Gasteiger partial charge is 0.477 e. The van der Waals surface area contributed by atoms with Gasteiger partial charge in [0.05, 0.1) is 50.7 Å². The van der Waals surface area contributed by atoms with Crippen molar-refractivity contribution >= 4 is 17.8 Å². The zero-order valence-electron chi connectivity index (χ0n) is 55.4. The number of carbonyl (C=O) groups excluding carboxylic acids is 2. The number of nitrogens with one attached hydrogen (secondary N) is 2. The van der Waals surface area contributed by atoms with Crippen molar-refractivity contribution < 1.29 is 104 Å². The van der Waals surface area contributed by atoms with Crippen LogP contribution in [0.15, 0.2) is 24.3 Å². The molecule has 0 saturated carbocycles. The third-order valence-corrected chi connectivity index (χ3v) is 17.9. The minimum atomic E-state index is -3.08. The van der Waals surface area contributed by atoms with Crippen molar-refractivity contribution in [3.63, 3.8) is 0 Å². The van der Waals surface area contributed by atoms with Gasteiger partial charge >= 0.3 is 5.97 Å². The van der Waals surface area contributed by atoms with Crippen molar-refractivity contribution in [1.82, 2.24) is 10.6 Å². The number of ether oxygens (including phenoxy) is 6. The Hall–Kier alpha value is -2.79. The molecule has 0 radical (unpaired) electrons. The fraction of sp³-hybridized carbons (Fsp3) is 0.897. The van der Waals surface area contributed by atoms with Crippen molar-refractivity contribution in [2.24, 2.45) is 0 Å². The Morgan fingerprint density at radius 2 is 1.03 bits per heavy atom. The van der Waals surface area contributed by atoms with Crippen LogP contribution in [0.2, 0.25) is 0 Å². The number of aliphatic carboxylic acids is 1. The summed E-state index contributed by atoms with van der Waals surface area (Å²) in [7, 11) is 0. The standard InChI is InChI=1S/C68H124N2O21/c1-4-6-8-10-12-14-16-18-20-22-23-24-25-26-27-29-31-33-35-37-39-41-50(75)49(70-55(78)42-40-38-36-34-32-30-28-21-19-17-15-13-11-9-7-5-2)47-86-65-60(82)59(81)62(54(46-73)88-65)89-66-61(83)64(58(80)53(45-72)87-66)91-68(67(84)85)43-51(76)56(69-48(3)74)63(90-68)57(79)52(77)44-71/h21,28,39,41,49-54,56-66,71-73,75-77,79-83H,4-20,22-27,29-38,40,42-47H2,1-3H3,(H,69,74)(H,70,78)(H,84,85)/b28-21-,41-39+. The molecule has 532 valence electrons. The summed E-state index contributed by atoms with van der Waals surface area (Å²) in [6.45, 7) is 2.13. The molecule has 0 aromatic heterocycles. The Kier molecular flexibility index (Phi) is 44.2. The first-order valence-electron chi connectivity index (χ1n) is 35.2. The van der Waals surface area contributed by atoms with Crippen LogP contribution in [-0.2, 0) is 42.8 Å². The molecule has 3 aliphatic heterocycles. The lowest BCUT2D eigenvalue weighted by molar-refractivity contribution is -0.386. The van der Waals surface area contributed by atoms with Crippen LogP contribution in [-0.4, -0.2) is 215 Å². The van der Waals surface area contributed by atoms with E-state index in [4.69, 9.17) is 28.4 Å². The number of carboxylic acids is 1. The van der Waals surface area contributed by atoms with E-state index in [0.29, 0.717) is 12.8 Å². The van der Waals surface area contributed by atoms with Crippen LogP contribution in [0.4, 0.5) is 0 Å². The first kappa shape index (κ1) is 82.4. The van der Waals surface area contributed by atoms with E-state index in [1.807, 2.05) is 6.08 Å². The molecule has 0 spiro atoms. The molecule has 18 atom stereocenters. The number of allylic oxidation sites excluding steroid dienone is 3. The maximum atomic E-state index is 13.4. The molecule has 2 amide bonds. The van der Waals surface area contributed by atoms with E-state index >= 15 is 0 Å². The molecule has 3 saturated heterocycles. The summed E-state index contributed by atoms with van der Waals surface area (Å²) in [6, 6.07) is -2.62. The van der Waals surface area contributed by atoms with Crippen LogP contribution < -0.4 is 10.6 Å². The molecule has 0 aromatic rings. The van der Waals surface area contributed by atoms with Gasteiger partial charge in [0.15, 0.2) is 12.6 Å². The summed E-state index contributed by atoms with van der Waals surface area (Å²) in [6.07, 6.45) is 19.3. The topological polar surface area (TPSA) is 373 Å². The Balaban J connectivity index is 1.60. The fourth-order valence-electron chi connectivity index (χ4n) is 12.2. The molecule has 3 rings (SSSR count). The van der Waals surface area contributed by atoms with Gasteiger partial charge in [0, 0.05) is 19.8 Å². The van der Waals surface area contributed by atoms with E-state index in [1.165, 1.54) is 148 Å². The van der Waals surface area contributed by atoms with Gasteiger partial charge in [-0.1, -0.05) is 212 Å². The zero-order chi connectivity index (χ0) is 66.8. The molecule has 0 aromatic carbocycles. The number of amides is 2. The van der Waals surface area contributed by atoms with Gasteiger partial charge in [-0.2, -0.15) is 0 Å². The van der Waals surface area contributed by atoms with Crippen LogP contribution in [0.5, 0.6) is 0 Å². The fourth-order valence-corrected chi connectivity index (χ4v) is 12.2. The highest BCUT2D eigenvalue weighted by atomic mass is 16.8. The second-order valence-corrected chi connectivity index (χ2v) is 25.7. The molecule has 0 bridgehead atoms. The van der Waals surface area contributed by atoms with Gasteiger partial charge in [0.2, 0.25) is 11.8 Å². The minimum absolute atomic E-state index is 0.191. The monoisotopic (exact) mass is 1300 g/mol. The third-order valence-electron chi connectivity index (χ3n) is 17.9. The smallest absolute Gasteiger partial charge is 0.364 e. The Labute approximate surface area is 543 Å². The van der Waals surface area contributed by atoms with Gasteiger partial charge in [0.1, 0.15) is 67.1 Å². The highest BCUT2D eigenvalue weighted by Gasteiger charge is 2.60. The van der Waals surface area contributed by atoms with E-state index < -0.39 is 155 Å². The van der Waals surface area contributed by atoms with Crippen molar-refractivity contribution in [3.8, 4) is 0 Å². The van der Waals surface area contributed by atoms with E-state index in [1.54, 1.807) is 6.08 Å². The molecule has 0 aliphatic carbocycles. The summed E-state index contributed by atoms with van der Waals surface area (Å²) < 4.78 is 34.8. The zero-order valence-corrected chi connectivity index (χ0v) is 55.4. The van der Waals surface area contributed by atoms with E-state index in [0.717, 1.165) is 64.7 Å². The van der Waals surface area contributed by atoms with E-state index in [2.05, 4.69) is 36.6 Å². The molecule has 3 heterocycles. The lowest BCUT2D eigenvalue weighted by Gasteiger charge is -2.50. The van der Waals surface area contributed by atoms with Crippen LogP contribution in [0, 0.1) is 0 Å². The Bertz CT molecular complexity index is 1940. The quantitative estimate of drug-likeness (QED) is 0.0230. The second kappa shape index (κ2) is 48.8. The van der Waals surface area contributed by atoms with Gasteiger partial charge in [0.25, 0.3) is 5.79 Å². The maximum Gasteiger partial charge on any atom is 0.364 e. The highest BCUT2D eigenvalue weighted by molar-refractivity contribution is 5.77. The van der Waals surface area contributed by atoms with Gasteiger partial charge in [-0.15, -0.1) is 0 Å². The average Bonchev–Trinajstić information content (AvgIpc) is 0.792. The molecule has 3 fully saturated rings. The summed E-state index contributed by atoms with van der Waals surface area (Å²) in [5.74, 6) is -6.15. The lowest BCUT2D eigenvalue weighted by Crippen LogP contribution is -2.70. The van der Waals surface area contributed by atoms with Crippen molar-refractivity contribution in [2.75, 3.05) is 26.4 Å². The second-order valence-electron chi connectivity index (χ2n) is 25.7. The molecule has 18 unspecified atom stereocenters. The summed E-state index contributed by atoms with van der Waals surface area (Å²) >= 11 is 0. The van der Waals surface area contributed by atoms with Gasteiger partial charge in [-0.05, 0) is 44.9 Å². The number of carbonyl (C=O) groups is 3. The van der Waals surface area contributed by atoms with Gasteiger partial charge in [-0.25, -0.2) is 4.79 Å². The van der Waals surface area contributed by atoms with Crippen molar-refractivity contribution in [3.05, 3.63) is 24.3 Å². The normalized spacial score (nSPS) is 28.5. The van der Waals surface area contributed by atoms with E-state index in [-0.39, 0.29) is 12.3 Å². The number of aliphatic hydroxyl groups excluding tert-OH is 11. The van der Waals surface area contributed by atoms with Crippen LogP contribution in [0.25, 0.3) is 0 Å². The predicted molar refractivity (Wildman–Crippen MR) is 343 cm³/mol. The third kappa shape index (κ3) is 31.3. The molecular weight excluding hydrogens is 1180 g/mol. The Morgan fingerprint density at radius 3 is 1.49 bits per heavy atom. The Morgan fingerprint density at radius 1 is 0.571 bits per heavy atom. The van der Waals surface area contributed by atoms with Crippen LogP contribution in [0.3, 0.4) is 0 Å². The van der Waals surface area contributed by atoms with Gasteiger partial charge in [-0.3, -0.25) is 9.59 Å².